The van der Waals surface area contributed by atoms with Crippen LogP contribution in [0.2, 0.25) is 0 Å². The zero-order valence-corrected chi connectivity index (χ0v) is 12.6. The molecule has 3 nitrogen and oxygen atoms in total. The molecule has 0 fully saturated rings. The highest BCUT2D eigenvalue weighted by Gasteiger charge is 2.18. The number of benzene rings is 1. The molecule has 1 aromatic heterocycles. The number of fused-ring (bicyclic) bond motifs is 1. The average Bonchev–Trinajstić information content (AvgIpc) is 2.73. The van der Waals surface area contributed by atoms with Gasteiger partial charge in [0, 0.05) is 12.6 Å². The highest BCUT2D eigenvalue weighted by atomic mass is 19.1. The van der Waals surface area contributed by atoms with Crippen LogP contribution in [-0.2, 0) is 6.54 Å². The van der Waals surface area contributed by atoms with Crippen molar-refractivity contribution in [1.82, 2.24) is 9.55 Å². The SMILES string of the molecule is CCCCn1c(C(N)CC(C)C)nc2cc(F)ccc21. The predicted octanol–water partition coefficient (Wildman–Crippen LogP) is 4.02. The minimum absolute atomic E-state index is 0.0951. The van der Waals surface area contributed by atoms with Crippen molar-refractivity contribution < 1.29 is 4.39 Å². The fourth-order valence-corrected chi connectivity index (χ4v) is 2.57. The first-order valence-corrected chi connectivity index (χ1v) is 7.44. The second-order valence-corrected chi connectivity index (χ2v) is 5.84. The third-order valence-electron chi connectivity index (χ3n) is 3.53. The molecule has 0 saturated carbocycles. The molecule has 1 aromatic carbocycles. The Bertz CT molecular complexity index is 574. The molecule has 0 bridgehead atoms. The first-order valence-electron chi connectivity index (χ1n) is 7.44. The smallest absolute Gasteiger partial charge is 0.126 e. The zero-order valence-electron chi connectivity index (χ0n) is 12.6. The lowest BCUT2D eigenvalue weighted by Crippen LogP contribution is -2.18. The van der Waals surface area contributed by atoms with Crippen molar-refractivity contribution >= 4 is 11.0 Å². The molecule has 2 rings (SSSR count). The van der Waals surface area contributed by atoms with Crippen LogP contribution in [0.25, 0.3) is 11.0 Å². The molecule has 4 heteroatoms. The quantitative estimate of drug-likeness (QED) is 0.866. The summed E-state index contributed by atoms with van der Waals surface area (Å²) in [5.41, 5.74) is 7.98. The standard InChI is InChI=1S/C16H24FN3/c1-4-5-8-20-15-7-6-12(17)10-14(15)19-16(20)13(18)9-11(2)3/h6-7,10-11,13H,4-5,8-9,18H2,1-3H3. The highest BCUT2D eigenvalue weighted by molar-refractivity contribution is 5.76. The van der Waals surface area contributed by atoms with Gasteiger partial charge in [0.15, 0.2) is 0 Å². The van der Waals surface area contributed by atoms with Gasteiger partial charge in [-0.05, 0) is 30.9 Å². The minimum atomic E-state index is -0.248. The van der Waals surface area contributed by atoms with Gasteiger partial charge in [0.1, 0.15) is 11.6 Å². The van der Waals surface area contributed by atoms with E-state index >= 15 is 0 Å². The maximum absolute atomic E-state index is 13.4. The van der Waals surface area contributed by atoms with Crippen LogP contribution in [-0.4, -0.2) is 9.55 Å². The number of aromatic nitrogens is 2. The molecular weight excluding hydrogens is 253 g/mol. The summed E-state index contributed by atoms with van der Waals surface area (Å²) >= 11 is 0. The van der Waals surface area contributed by atoms with E-state index in [4.69, 9.17) is 5.73 Å². The van der Waals surface area contributed by atoms with Crippen molar-refractivity contribution in [3.63, 3.8) is 0 Å². The second-order valence-electron chi connectivity index (χ2n) is 5.84. The Morgan fingerprint density at radius 1 is 1.35 bits per heavy atom. The van der Waals surface area contributed by atoms with E-state index in [1.54, 1.807) is 6.07 Å². The van der Waals surface area contributed by atoms with Gasteiger partial charge in [-0.3, -0.25) is 0 Å². The summed E-state index contributed by atoms with van der Waals surface area (Å²) in [6.07, 6.45) is 3.07. The molecule has 2 aromatic rings. The summed E-state index contributed by atoms with van der Waals surface area (Å²) in [6, 6.07) is 4.69. The van der Waals surface area contributed by atoms with Gasteiger partial charge in [-0.1, -0.05) is 27.2 Å². The lowest BCUT2D eigenvalue weighted by molar-refractivity contribution is 0.472. The lowest BCUT2D eigenvalue weighted by atomic mass is 10.0. The number of imidazole rings is 1. The van der Waals surface area contributed by atoms with Gasteiger partial charge in [0.25, 0.3) is 0 Å². The molecule has 110 valence electrons. The van der Waals surface area contributed by atoms with E-state index in [0.29, 0.717) is 11.4 Å². The van der Waals surface area contributed by atoms with E-state index in [2.05, 4.69) is 30.3 Å². The van der Waals surface area contributed by atoms with Crippen LogP contribution in [0.3, 0.4) is 0 Å². The number of nitrogens with zero attached hydrogens (tertiary/aromatic N) is 2. The van der Waals surface area contributed by atoms with Crippen LogP contribution in [0, 0.1) is 11.7 Å². The Hall–Kier alpha value is -1.42. The number of unbranched alkanes of at least 4 members (excludes halogenated alkanes) is 1. The Balaban J connectivity index is 2.44. The Morgan fingerprint density at radius 3 is 2.75 bits per heavy atom. The van der Waals surface area contributed by atoms with Gasteiger partial charge in [0.05, 0.1) is 17.1 Å². The van der Waals surface area contributed by atoms with E-state index in [1.807, 2.05) is 0 Å². The summed E-state index contributed by atoms with van der Waals surface area (Å²) in [7, 11) is 0. The van der Waals surface area contributed by atoms with E-state index in [0.717, 1.165) is 37.1 Å². The fraction of sp³-hybridized carbons (Fsp3) is 0.562. The summed E-state index contributed by atoms with van der Waals surface area (Å²) in [5.74, 6) is 1.15. The van der Waals surface area contributed by atoms with Gasteiger partial charge in [-0.2, -0.15) is 0 Å². The molecule has 0 aliphatic heterocycles. The molecule has 1 heterocycles. The van der Waals surface area contributed by atoms with Crippen molar-refractivity contribution in [3.05, 3.63) is 29.8 Å². The van der Waals surface area contributed by atoms with Crippen molar-refractivity contribution in [3.8, 4) is 0 Å². The predicted molar refractivity (Wildman–Crippen MR) is 81.0 cm³/mol. The van der Waals surface area contributed by atoms with Crippen LogP contribution in [0.15, 0.2) is 18.2 Å². The van der Waals surface area contributed by atoms with Crippen molar-refractivity contribution in [2.24, 2.45) is 11.7 Å². The molecule has 0 spiro atoms. The number of rotatable bonds is 6. The second kappa shape index (κ2) is 6.35. The van der Waals surface area contributed by atoms with E-state index in [1.165, 1.54) is 12.1 Å². The average molecular weight is 277 g/mol. The Kier molecular flexibility index (Phi) is 4.76. The van der Waals surface area contributed by atoms with E-state index < -0.39 is 0 Å². The number of hydrogen-bond donors (Lipinski definition) is 1. The first-order chi connectivity index (χ1) is 9.52. The number of nitrogens with two attached hydrogens (primary N) is 1. The monoisotopic (exact) mass is 277 g/mol. The van der Waals surface area contributed by atoms with E-state index in [-0.39, 0.29) is 11.9 Å². The van der Waals surface area contributed by atoms with Crippen LogP contribution < -0.4 is 5.73 Å². The molecule has 0 radical (unpaired) electrons. The summed E-state index contributed by atoms with van der Waals surface area (Å²) < 4.78 is 15.5. The normalized spacial score (nSPS) is 13.3. The summed E-state index contributed by atoms with van der Waals surface area (Å²) in [5, 5.41) is 0. The number of aryl methyl sites for hydroxylation is 1. The summed E-state index contributed by atoms with van der Waals surface area (Å²) in [6.45, 7) is 7.35. The van der Waals surface area contributed by atoms with Gasteiger partial charge in [-0.25, -0.2) is 9.37 Å². The van der Waals surface area contributed by atoms with Crippen LogP contribution in [0.4, 0.5) is 4.39 Å². The lowest BCUT2D eigenvalue weighted by Gasteiger charge is -2.16. The third-order valence-corrected chi connectivity index (χ3v) is 3.53. The fourth-order valence-electron chi connectivity index (χ4n) is 2.57. The highest BCUT2D eigenvalue weighted by Crippen LogP contribution is 2.24. The maximum atomic E-state index is 13.4. The Labute approximate surface area is 120 Å². The molecular formula is C16H24FN3. The van der Waals surface area contributed by atoms with Gasteiger partial charge < -0.3 is 10.3 Å². The van der Waals surface area contributed by atoms with Crippen molar-refractivity contribution in [2.45, 2.75) is 52.6 Å². The molecule has 0 aliphatic rings. The van der Waals surface area contributed by atoms with Gasteiger partial charge in [0.2, 0.25) is 0 Å². The minimum Gasteiger partial charge on any atom is -0.327 e. The van der Waals surface area contributed by atoms with Crippen molar-refractivity contribution in [2.75, 3.05) is 0 Å². The number of hydrogen-bond acceptors (Lipinski definition) is 2. The van der Waals surface area contributed by atoms with E-state index in [9.17, 15) is 4.39 Å². The zero-order chi connectivity index (χ0) is 14.7. The molecule has 0 amide bonds. The largest absolute Gasteiger partial charge is 0.327 e. The molecule has 1 unspecified atom stereocenters. The van der Waals surface area contributed by atoms with Crippen molar-refractivity contribution in [1.29, 1.82) is 0 Å². The van der Waals surface area contributed by atoms with Crippen LogP contribution >= 0.6 is 0 Å². The molecule has 2 N–H and O–H groups in total. The van der Waals surface area contributed by atoms with Gasteiger partial charge >= 0.3 is 0 Å². The maximum Gasteiger partial charge on any atom is 0.126 e. The Morgan fingerprint density at radius 2 is 2.10 bits per heavy atom. The molecule has 20 heavy (non-hydrogen) atoms. The van der Waals surface area contributed by atoms with Crippen LogP contribution in [0.1, 0.15) is 51.9 Å². The molecule has 0 saturated heterocycles. The van der Waals surface area contributed by atoms with Crippen LogP contribution in [0.5, 0.6) is 0 Å². The third kappa shape index (κ3) is 3.18. The first kappa shape index (κ1) is 15.0. The molecule has 0 aliphatic carbocycles. The molecule has 1 atom stereocenters. The number of halogens is 1. The van der Waals surface area contributed by atoms with Gasteiger partial charge in [-0.15, -0.1) is 0 Å². The summed E-state index contributed by atoms with van der Waals surface area (Å²) in [4.78, 5) is 4.58. The topological polar surface area (TPSA) is 43.8 Å².